The van der Waals surface area contributed by atoms with E-state index in [9.17, 15) is 13.2 Å². The number of carbonyl (C=O) groups is 1. The normalized spacial score (nSPS) is 17.0. The lowest BCUT2D eigenvalue weighted by Gasteiger charge is -2.40. The van der Waals surface area contributed by atoms with Gasteiger partial charge in [-0.3, -0.25) is 4.79 Å². The molecule has 0 aromatic heterocycles. The average molecular weight is 326 g/mol. The molecule has 1 aromatic carbocycles. The van der Waals surface area contributed by atoms with Gasteiger partial charge < -0.3 is 9.64 Å². The monoisotopic (exact) mass is 326 g/mol. The molecule has 1 heterocycles. The number of amides is 1. The smallest absolute Gasteiger partial charge is 0.240 e. The van der Waals surface area contributed by atoms with Crippen molar-refractivity contribution in [2.24, 2.45) is 0 Å². The van der Waals surface area contributed by atoms with Crippen molar-refractivity contribution >= 4 is 15.9 Å². The van der Waals surface area contributed by atoms with Gasteiger partial charge in [-0.2, -0.15) is 0 Å². The van der Waals surface area contributed by atoms with Crippen LogP contribution in [0.3, 0.4) is 0 Å². The first-order valence-electron chi connectivity index (χ1n) is 7.30. The highest BCUT2D eigenvalue weighted by atomic mass is 32.2. The zero-order valence-corrected chi connectivity index (χ0v) is 13.9. The second-order valence-electron chi connectivity index (χ2n) is 5.56. The van der Waals surface area contributed by atoms with E-state index in [-0.39, 0.29) is 12.0 Å². The molecule has 1 saturated heterocycles. The van der Waals surface area contributed by atoms with E-state index in [1.165, 1.54) is 0 Å². The summed E-state index contributed by atoms with van der Waals surface area (Å²) in [6.07, 6.45) is 1.89. The quantitative estimate of drug-likeness (QED) is 0.838. The molecule has 1 amide bonds. The highest BCUT2D eigenvalue weighted by molar-refractivity contribution is 7.88. The molecule has 2 rings (SSSR count). The predicted octanol–water partition coefficient (Wildman–Crippen LogP) is 0.776. The predicted molar refractivity (Wildman–Crippen MR) is 84.3 cm³/mol. The molecule has 0 aliphatic carbocycles. The van der Waals surface area contributed by atoms with E-state index >= 15 is 0 Å². The summed E-state index contributed by atoms with van der Waals surface area (Å²) in [5, 5.41) is 0. The molecule has 22 heavy (non-hydrogen) atoms. The van der Waals surface area contributed by atoms with Gasteiger partial charge in [-0.15, -0.1) is 0 Å². The number of hydrogen-bond acceptors (Lipinski definition) is 4. The molecule has 6 nitrogen and oxygen atoms in total. The van der Waals surface area contributed by atoms with Gasteiger partial charge >= 0.3 is 0 Å². The van der Waals surface area contributed by atoms with Gasteiger partial charge in [0.1, 0.15) is 11.9 Å². The average Bonchev–Trinajstić information content (AvgIpc) is 2.40. The minimum absolute atomic E-state index is 0.0397. The van der Waals surface area contributed by atoms with Crippen LogP contribution in [0.2, 0.25) is 0 Å². The topological polar surface area (TPSA) is 75.7 Å². The molecular weight excluding hydrogens is 304 g/mol. The number of ether oxygens (including phenoxy) is 1. The summed E-state index contributed by atoms with van der Waals surface area (Å²) in [4.78, 5) is 13.7. The van der Waals surface area contributed by atoms with Gasteiger partial charge in [0.2, 0.25) is 15.9 Å². The number of nitrogens with zero attached hydrogens (tertiary/aromatic N) is 1. The Bertz CT molecular complexity index is 639. The highest BCUT2D eigenvalue weighted by Crippen LogP contribution is 2.23. The van der Waals surface area contributed by atoms with Gasteiger partial charge in [-0.05, 0) is 25.0 Å². The highest BCUT2D eigenvalue weighted by Gasteiger charge is 2.35. The van der Waals surface area contributed by atoms with Crippen LogP contribution in [-0.2, 0) is 21.2 Å². The van der Waals surface area contributed by atoms with Crippen molar-refractivity contribution in [1.29, 1.82) is 0 Å². The molecule has 1 unspecified atom stereocenters. The van der Waals surface area contributed by atoms with Crippen molar-refractivity contribution in [2.45, 2.75) is 32.4 Å². The van der Waals surface area contributed by atoms with Crippen molar-refractivity contribution in [1.82, 2.24) is 9.62 Å². The lowest BCUT2D eigenvalue weighted by atomic mass is 10.1. The fourth-order valence-electron chi connectivity index (χ4n) is 2.43. The minimum Gasteiger partial charge on any atom is -0.486 e. The Balaban J connectivity index is 1.86. The third-order valence-electron chi connectivity index (χ3n) is 3.57. The fraction of sp³-hybridized carbons (Fsp3) is 0.533. The zero-order chi connectivity index (χ0) is 16.3. The first-order chi connectivity index (χ1) is 10.3. The standard InChI is InChI=1S/C15H22N2O4S/c1-4-12-7-5-6-8-14(12)21-13-9-17(10-13)15(18)11(2)16-22(3,19)20/h5-8,11,13,16H,4,9-10H2,1-3H3. The second kappa shape index (κ2) is 6.66. The summed E-state index contributed by atoms with van der Waals surface area (Å²) in [5.41, 5.74) is 1.14. The Labute approximate surface area is 131 Å². The van der Waals surface area contributed by atoms with Crippen molar-refractivity contribution < 1.29 is 17.9 Å². The van der Waals surface area contributed by atoms with Crippen LogP contribution in [0.15, 0.2) is 24.3 Å². The van der Waals surface area contributed by atoms with Crippen LogP contribution in [-0.4, -0.2) is 50.7 Å². The Kier molecular flexibility index (Phi) is 5.08. The molecular formula is C15H22N2O4S. The third-order valence-corrected chi connectivity index (χ3v) is 4.35. The number of para-hydroxylation sites is 1. The molecule has 1 aromatic rings. The second-order valence-corrected chi connectivity index (χ2v) is 7.34. The summed E-state index contributed by atoms with van der Waals surface area (Å²) >= 11 is 0. The van der Waals surface area contributed by atoms with Crippen LogP contribution >= 0.6 is 0 Å². The molecule has 1 fully saturated rings. The lowest BCUT2D eigenvalue weighted by molar-refractivity contribution is -0.141. The van der Waals surface area contributed by atoms with Crippen molar-refractivity contribution in [2.75, 3.05) is 19.3 Å². The molecule has 0 bridgehead atoms. The van der Waals surface area contributed by atoms with E-state index in [0.29, 0.717) is 13.1 Å². The van der Waals surface area contributed by atoms with E-state index in [4.69, 9.17) is 4.74 Å². The van der Waals surface area contributed by atoms with E-state index < -0.39 is 16.1 Å². The number of aryl methyl sites for hydroxylation is 1. The Morgan fingerprint density at radius 3 is 2.64 bits per heavy atom. The van der Waals surface area contributed by atoms with Crippen LogP contribution in [0, 0.1) is 0 Å². The maximum absolute atomic E-state index is 12.1. The van der Waals surface area contributed by atoms with Crippen LogP contribution in [0.25, 0.3) is 0 Å². The SMILES string of the molecule is CCc1ccccc1OC1CN(C(=O)C(C)NS(C)(=O)=O)C1. The maximum Gasteiger partial charge on any atom is 0.240 e. The number of sulfonamides is 1. The Hall–Kier alpha value is -1.60. The summed E-state index contributed by atoms with van der Waals surface area (Å²) in [6.45, 7) is 4.57. The lowest BCUT2D eigenvalue weighted by Crippen LogP contribution is -2.60. The van der Waals surface area contributed by atoms with Crippen LogP contribution in [0.1, 0.15) is 19.4 Å². The summed E-state index contributed by atoms with van der Waals surface area (Å²) in [6, 6.07) is 7.10. The number of benzene rings is 1. The van der Waals surface area contributed by atoms with Gasteiger partial charge in [-0.1, -0.05) is 25.1 Å². The van der Waals surface area contributed by atoms with Gasteiger partial charge in [0.25, 0.3) is 0 Å². The van der Waals surface area contributed by atoms with E-state index in [1.54, 1.807) is 11.8 Å². The third kappa shape index (κ3) is 4.20. The van der Waals surface area contributed by atoms with Crippen molar-refractivity contribution in [3.8, 4) is 5.75 Å². The van der Waals surface area contributed by atoms with Gasteiger partial charge in [0.05, 0.1) is 25.4 Å². The van der Waals surface area contributed by atoms with E-state index in [0.717, 1.165) is 24.0 Å². The fourth-order valence-corrected chi connectivity index (χ4v) is 3.17. The minimum atomic E-state index is -3.39. The molecule has 0 saturated carbocycles. The number of hydrogen-bond donors (Lipinski definition) is 1. The maximum atomic E-state index is 12.1. The molecule has 0 spiro atoms. The zero-order valence-electron chi connectivity index (χ0n) is 13.1. The van der Waals surface area contributed by atoms with Crippen molar-refractivity contribution in [3.05, 3.63) is 29.8 Å². The van der Waals surface area contributed by atoms with Crippen LogP contribution < -0.4 is 9.46 Å². The molecule has 1 atom stereocenters. The van der Waals surface area contributed by atoms with Crippen molar-refractivity contribution in [3.63, 3.8) is 0 Å². The number of carbonyl (C=O) groups excluding carboxylic acids is 1. The molecule has 1 N–H and O–H groups in total. The molecule has 122 valence electrons. The number of nitrogens with one attached hydrogen (secondary N) is 1. The molecule has 7 heteroatoms. The van der Waals surface area contributed by atoms with Gasteiger partial charge in [0.15, 0.2) is 0 Å². The Morgan fingerprint density at radius 1 is 1.41 bits per heavy atom. The summed E-state index contributed by atoms with van der Waals surface area (Å²) in [5.74, 6) is 0.624. The number of likely N-dealkylation sites (tertiary alicyclic amines) is 1. The van der Waals surface area contributed by atoms with Crippen LogP contribution in [0.4, 0.5) is 0 Å². The van der Waals surface area contributed by atoms with Gasteiger partial charge in [-0.25, -0.2) is 13.1 Å². The molecule has 1 aliphatic rings. The van der Waals surface area contributed by atoms with E-state index in [1.807, 2.05) is 24.3 Å². The number of rotatable bonds is 6. The van der Waals surface area contributed by atoms with Crippen LogP contribution in [0.5, 0.6) is 5.75 Å². The first kappa shape index (κ1) is 16.8. The largest absolute Gasteiger partial charge is 0.486 e. The first-order valence-corrected chi connectivity index (χ1v) is 9.20. The summed E-state index contributed by atoms with van der Waals surface area (Å²) in [7, 11) is -3.39. The molecule has 0 radical (unpaired) electrons. The Morgan fingerprint density at radius 2 is 2.05 bits per heavy atom. The van der Waals surface area contributed by atoms with Gasteiger partial charge in [0, 0.05) is 0 Å². The summed E-state index contributed by atoms with van der Waals surface area (Å²) < 4.78 is 30.5. The van der Waals surface area contributed by atoms with E-state index in [2.05, 4.69) is 11.6 Å². The molecule has 1 aliphatic heterocycles.